The Balaban J connectivity index is 1.76. The molecule has 174 valence electrons. The molecule has 0 aromatic heterocycles. The fourth-order valence-electron chi connectivity index (χ4n) is 5.91. The lowest BCUT2D eigenvalue weighted by Crippen LogP contribution is -2.54. The van der Waals surface area contributed by atoms with Crippen LogP contribution in [-0.4, -0.2) is 63.1 Å². The van der Waals surface area contributed by atoms with Crippen LogP contribution in [-0.2, 0) is 19.1 Å². The largest absolute Gasteiger partial charge is 0.466 e. The van der Waals surface area contributed by atoms with Crippen LogP contribution in [0, 0.1) is 25.7 Å². The Hall–Kier alpha value is -2.06. The van der Waals surface area contributed by atoms with E-state index in [0.29, 0.717) is 12.8 Å². The van der Waals surface area contributed by atoms with Gasteiger partial charge in [-0.1, -0.05) is 25.1 Å². The number of nitrogens with one attached hydrogen (secondary N) is 1. The maximum Gasteiger partial charge on any atom is 0.310 e. The molecule has 1 spiro atoms. The third kappa shape index (κ3) is 3.34. The molecular weight excluding hydrogens is 428 g/mol. The van der Waals surface area contributed by atoms with Gasteiger partial charge in [0.25, 0.3) is 0 Å². The van der Waals surface area contributed by atoms with Crippen molar-refractivity contribution in [2.45, 2.75) is 69.0 Å². The number of aliphatic hydroxyl groups excluding tert-OH is 1. The van der Waals surface area contributed by atoms with E-state index >= 15 is 0 Å². The van der Waals surface area contributed by atoms with E-state index in [1.54, 1.807) is 23.6 Å². The van der Waals surface area contributed by atoms with Crippen LogP contribution < -0.4 is 5.32 Å². The fourth-order valence-corrected chi connectivity index (χ4v) is 8.10. The van der Waals surface area contributed by atoms with Crippen LogP contribution in [0.3, 0.4) is 0 Å². The van der Waals surface area contributed by atoms with Gasteiger partial charge in [-0.3, -0.25) is 14.4 Å². The number of amides is 2. The Morgan fingerprint density at radius 2 is 2.00 bits per heavy atom. The molecule has 2 amide bonds. The minimum absolute atomic E-state index is 0.0187. The second-order valence-corrected chi connectivity index (χ2v) is 10.7. The fraction of sp³-hybridized carbons (Fsp3) is 0.625. The number of para-hydroxylation sites is 1. The van der Waals surface area contributed by atoms with Crippen molar-refractivity contribution in [3.05, 3.63) is 29.3 Å². The first-order valence-electron chi connectivity index (χ1n) is 11.4. The normalized spacial score (nSPS) is 31.5. The molecule has 32 heavy (non-hydrogen) atoms. The van der Waals surface area contributed by atoms with Gasteiger partial charge in [-0.15, -0.1) is 11.8 Å². The predicted octanol–water partition coefficient (Wildman–Crippen LogP) is 2.67. The topological polar surface area (TPSA) is 95.9 Å². The third-order valence-corrected chi connectivity index (χ3v) is 9.30. The number of rotatable bonds is 7. The molecule has 0 saturated carbocycles. The number of benzene rings is 1. The number of hydrogen-bond donors (Lipinski definition) is 2. The third-order valence-electron chi connectivity index (χ3n) is 7.35. The SMILES string of the molecule is CCOC(=O)[C@@H]1[C@H]2C(=O)N([C@@H](CC)CO)C(C(=O)Nc3c(C)cccc3C)C23CC[C@H]1S3. The molecule has 3 fully saturated rings. The molecule has 2 N–H and O–H groups in total. The lowest BCUT2D eigenvalue weighted by molar-refractivity contribution is -0.154. The molecule has 7 nitrogen and oxygen atoms in total. The molecule has 8 heteroatoms. The first-order chi connectivity index (χ1) is 15.3. The number of thioether (sulfide) groups is 1. The first kappa shape index (κ1) is 23.1. The van der Waals surface area contributed by atoms with E-state index in [1.165, 1.54) is 0 Å². The van der Waals surface area contributed by atoms with Gasteiger partial charge in [0, 0.05) is 10.9 Å². The zero-order valence-electron chi connectivity index (χ0n) is 19.1. The highest BCUT2D eigenvalue weighted by molar-refractivity contribution is 8.02. The van der Waals surface area contributed by atoms with E-state index in [0.717, 1.165) is 23.2 Å². The monoisotopic (exact) mass is 460 g/mol. The summed E-state index contributed by atoms with van der Waals surface area (Å²) in [5, 5.41) is 13.1. The summed E-state index contributed by atoms with van der Waals surface area (Å²) in [6, 6.07) is 4.61. The van der Waals surface area contributed by atoms with E-state index in [9.17, 15) is 19.5 Å². The number of fused-ring (bicyclic) bond motifs is 1. The maximum atomic E-state index is 13.8. The molecular formula is C24H32N2O5S. The number of nitrogens with zero attached hydrogens (tertiary/aromatic N) is 1. The van der Waals surface area contributed by atoms with E-state index in [-0.39, 0.29) is 36.2 Å². The summed E-state index contributed by atoms with van der Waals surface area (Å²) in [6.45, 7) is 7.57. The van der Waals surface area contributed by atoms with Crippen molar-refractivity contribution in [2.24, 2.45) is 11.8 Å². The quantitative estimate of drug-likeness (QED) is 0.608. The van der Waals surface area contributed by atoms with Crippen molar-refractivity contribution < 1.29 is 24.2 Å². The molecule has 4 rings (SSSR count). The zero-order chi connectivity index (χ0) is 23.2. The van der Waals surface area contributed by atoms with Crippen LogP contribution in [0.25, 0.3) is 0 Å². The number of ether oxygens (including phenoxy) is 1. The van der Waals surface area contributed by atoms with Crippen molar-refractivity contribution >= 4 is 35.2 Å². The number of likely N-dealkylation sites (tertiary alicyclic amines) is 1. The second-order valence-electron chi connectivity index (χ2n) is 9.05. The van der Waals surface area contributed by atoms with E-state index in [2.05, 4.69) is 5.32 Å². The Bertz CT molecular complexity index is 913. The Labute approximate surface area is 193 Å². The summed E-state index contributed by atoms with van der Waals surface area (Å²) in [4.78, 5) is 42.0. The smallest absolute Gasteiger partial charge is 0.310 e. The molecule has 3 aliphatic heterocycles. The van der Waals surface area contributed by atoms with Crippen LogP contribution in [0.5, 0.6) is 0 Å². The molecule has 3 heterocycles. The Morgan fingerprint density at radius 3 is 2.59 bits per heavy atom. The van der Waals surface area contributed by atoms with Gasteiger partial charge in [0.1, 0.15) is 6.04 Å². The lowest BCUT2D eigenvalue weighted by Gasteiger charge is -2.37. The molecule has 1 aromatic carbocycles. The zero-order valence-corrected chi connectivity index (χ0v) is 19.9. The van der Waals surface area contributed by atoms with Gasteiger partial charge < -0.3 is 20.1 Å². The van der Waals surface area contributed by atoms with E-state index in [1.807, 2.05) is 39.0 Å². The van der Waals surface area contributed by atoms with Gasteiger partial charge in [0.15, 0.2) is 0 Å². The number of carbonyl (C=O) groups is 3. The van der Waals surface area contributed by atoms with Gasteiger partial charge in [0.2, 0.25) is 11.8 Å². The maximum absolute atomic E-state index is 13.8. The minimum Gasteiger partial charge on any atom is -0.466 e. The van der Waals surface area contributed by atoms with Crippen LogP contribution in [0.1, 0.15) is 44.2 Å². The number of aryl methyl sites for hydroxylation is 2. The highest BCUT2D eigenvalue weighted by Crippen LogP contribution is 2.66. The molecule has 2 bridgehead atoms. The molecule has 0 aliphatic carbocycles. The number of hydrogen-bond acceptors (Lipinski definition) is 6. The molecule has 0 radical (unpaired) electrons. The van der Waals surface area contributed by atoms with Crippen molar-refractivity contribution in [3.63, 3.8) is 0 Å². The van der Waals surface area contributed by atoms with Crippen LogP contribution >= 0.6 is 11.8 Å². The van der Waals surface area contributed by atoms with Crippen molar-refractivity contribution in [3.8, 4) is 0 Å². The summed E-state index contributed by atoms with van der Waals surface area (Å²) in [5.74, 6) is -1.95. The number of esters is 1. The van der Waals surface area contributed by atoms with Crippen LogP contribution in [0.15, 0.2) is 18.2 Å². The molecule has 6 atom stereocenters. The highest BCUT2D eigenvalue weighted by atomic mass is 32.2. The van der Waals surface area contributed by atoms with Gasteiger partial charge in [-0.05, 0) is 51.2 Å². The number of anilines is 1. The lowest BCUT2D eigenvalue weighted by atomic mass is 9.71. The summed E-state index contributed by atoms with van der Waals surface area (Å²) in [6.07, 6.45) is 1.99. The molecule has 1 aromatic rings. The van der Waals surface area contributed by atoms with E-state index in [4.69, 9.17) is 4.74 Å². The second kappa shape index (κ2) is 8.71. The van der Waals surface area contributed by atoms with Crippen molar-refractivity contribution in [1.29, 1.82) is 0 Å². The molecule has 2 unspecified atom stereocenters. The average Bonchev–Trinajstić information content (AvgIpc) is 3.40. The predicted molar refractivity (Wildman–Crippen MR) is 123 cm³/mol. The highest BCUT2D eigenvalue weighted by Gasteiger charge is 2.74. The minimum atomic E-state index is -0.745. The van der Waals surface area contributed by atoms with E-state index < -0.39 is 28.7 Å². The van der Waals surface area contributed by atoms with Gasteiger partial charge in [-0.2, -0.15) is 0 Å². The summed E-state index contributed by atoms with van der Waals surface area (Å²) in [5.41, 5.74) is 2.65. The van der Waals surface area contributed by atoms with Gasteiger partial charge in [0.05, 0.1) is 35.8 Å². The number of aliphatic hydroxyl groups is 1. The standard InChI is InChI=1S/C24H32N2O5S/c1-5-15(12-27)26-20(21(28)25-19-13(3)8-7-9-14(19)4)24-11-10-16(32-24)17(18(24)22(26)29)23(30)31-6-2/h7-9,15-18,20,27H,5-6,10-12H2,1-4H3,(H,25,28)/t15-,16+,17-,18-,20?,24?/m0/s1. The van der Waals surface area contributed by atoms with Gasteiger partial charge in [-0.25, -0.2) is 0 Å². The number of carbonyl (C=O) groups excluding carboxylic acids is 3. The van der Waals surface area contributed by atoms with Crippen molar-refractivity contribution in [1.82, 2.24) is 4.90 Å². The average molecular weight is 461 g/mol. The summed E-state index contributed by atoms with van der Waals surface area (Å²) in [7, 11) is 0. The van der Waals surface area contributed by atoms with Crippen LogP contribution in [0.4, 0.5) is 5.69 Å². The van der Waals surface area contributed by atoms with Crippen LogP contribution in [0.2, 0.25) is 0 Å². The molecule has 3 saturated heterocycles. The Morgan fingerprint density at radius 1 is 1.31 bits per heavy atom. The van der Waals surface area contributed by atoms with Gasteiger partial charge >= 0.3 is 5.97 Å². The summed E-state index contributed by atoms with van der Waals surface area (Å²) < 4.78 is 4.65. The first-order valence-corrected chi connectivity index (χ1v) is 12.3. The summed E-state index contributed by atoms with van der Waals surface area (Å²) >= 11 is 1.61. The molecule has 3 aliphatic rings. The van der Waals surface area contributed by atoms with Crippen molar-refractivity contribution in [2.75, 3.05) is 18.5 Å². The Kier molecular flexibility index (Phi) is 6.29.